The molecule has 0 aromatic heterocycles. The quantitative estimate of drug-likeness (QED) is 0.470. The third kappa shape index (κ3) is 2.37. The maximum atomic E-state index is 14.0. The van der Waals surface area contributed by atoms with E-state index >= 15 is 0 Å². The summed E-state index contributed by atoms with van der Waals surface area (Å²) in [4.78, 5) is 41.1. The van der Waals surface area contributed by atoms with Crippen molar-refractivity contribution in [1.29, 1.82) is 0 Å². The summed E-state index contributed by atoms with van der Waals surface area (Å²) in [5.74, 6) is -4.75. The van der Waals surface area contributed by atoms with Crippen molar-refractivity contribution in [3.8, 4) is 0 Å². The molecule has 7 rings (SSSR count). The Morgan fingerprint density at radius 3 is 2.53 bits per heavy atom. The minimum atomic E-state index is -2.23. The van der Waals surface area contributed by atoms with Crippen LogP contribution in [0.25, 0.3) is 0 Å². The molecule has 5 aliphatic carbocycles. The molecule has 2 spiro atoms. The maximum absolute atomic E-state index is 14.0. The van der Waals surface area contributed by atoms with Gasteiger partial charge >= 0.3 is 5.97 Å². The number of aliphatic hydroxyl groups is 2. The van der Waals surface area contributed by atoms with Crippen LogP contribution in [0.5, 0.6) is 0 Å². The molecule has 186 valence electrons. The number of hydrogen-bond acceptors (Lipinski definition) is 7. The smallest absolute Gasteiger partial charge is 0.309 e. The van der Waals surface area contributed by atoms with E-state index in [1.54, 1.807) is 0 Å². The number of hydrogen-bond donors (Lipinski definition) is 2. The molecular weight excluding hydrogens is 436 g/mol. The van der Waals surface area contributed by atoms with Crippen LogP contribution in [0.4, 0.5) is 0 Å². The lowest BCUT2D eigenvalue weighted by atomic mass is 9.36. The van der Waals surface area contributed by atoms with E-state index in [2.05, 4.69) is 6.58 Å². The zero-order valence-electron chi connectivity index (χ0n) is 20.2. The van der Waals surface area contributed by atoms with Gasteiger partial charge in [0.05, 0.1) is 17.9 Å². The van der Waals surface area contributed by atoms with Crippen molar-refractivity contribution < 1.29 is 34.1 Å². The van der Waals surface area contributed by atoms with Crippen LogP contribution in [-0.4, -0.2) is 52.4 Å². The molecule has 0 amide bonds. The number of ketones is 2. The van der Waals surface area contributed by atoms with E-state index in [1.807, 2.05) is 13.8 Å². The van der Waals surface area contributed by atoms with Crippen LogP contribution in [-0.2, 0) is 23.9 Å². The van der Waals surface area contributed by atoms with Crippen molar-refractivity contribution in [2.75, 3.05) is 6.61 Å². The maximum Gasteiger partial charge on any atom is 0.309 e. The second-order valence-electron chi connectivity index (χ2n) is 12.5. The number of aliphatic hydroxyl groups excluding tert-OH is 1. The van der Waals surface area contributed by atoms with Gasteiger partial charge < -0.3 is 19.7 Å². The molecule has 2 N–H and O–H groups in total. The SMILES string of the molecule is C=C1C(=O)[C@]23[C@H](OC(=O)C4CCCCC4)[C@H]1CC[C@H]2[C@@]12CO[C@]3(O)[C@@H](O)[C@@H]1C(C)(C)CCC2=O. The predicted octanol–water partition coefficient (Wildman–Crippen LogP) is 2.72. The van der Waals surface area contributed by atoms with Gasteiger partial charge in [-0.1, -0.05) is 39.7 Å². The highest BCUT2D eigenvalue weighted by atomic mass is 16.6. The first kappa shape index (κ1) is 22.9. The zero-order valence-corrected chi connectivity index (χ0v) is 20.2. The van der Waals surface area contributed by atoms with Crippen LogP contribution in [0, 0.1) is 39.9 Å². The average Bonchev–Trinajstić information content (AvgIpc) is 2.93. The van der Waals surface area contributed by atoms with Gasteiger partial charge in [-0.2, -0.15) is 0 Å². The fraction of sp³-hybridized carbons (Fsp3) is 0.815. The third-order valence-corrected chi connectivity index (χ3v) is 10.8. The minimum absolute atomic E-state index is 0.0110. The normalized spacial score (nSPS) is 49.5. The Labute approximate surface area is 200 Å². The van der Waals surface area contributed by atoms with Crippen molar-refractivity contribution in [3.63, 3.8) is 0 Å². The van der Waals surface area contributed by atoms with E-state index in [-0.39, 0.29) is 24.3 Å². The lowest BCUT2D eigenvalue weighted by Crippen LogP contribution is -2.85. The van der Waals surface area contributed by atoms with E-state index < -0.39 is 57.8 Å². The first-order valence-corrected chi connectivity index (χ1v) is 13.1. The molecule has 7 aliphatic rings. The summed E-state index contributed by atoms with van der Waals surface area (Å²) in [6, 6.07) is 0. The lowest BCUT2D eigenvalue weighted by Gasteiger charge is -2.73. The highest BCUT2D eigenvalue weighted by Gasteiger charge is 2.88. The molecular formula is C27H36O7. The Morgan fingerprint density at radius 1 is 1.12 bits per heavy atom. The van der Waals surface area contributed by atoms with Gasteiger partial charge in [-0.05, 0) is 49.0 Å². The monoisotopic (exact) mass is 472 g/mol. The van der Waals surface area contributed by atoms with Gasteiger partial charge in [0.2, 0.25) is 5.79 Å². The third-order valence-electron chi connectivity index (χ3n) is 10.8. The van der Waals surface area contributed by atoms with Gasteiger partial charge in [0.15, 0.2) is 5.78 Å². The molecule has 34 heavy (non-hydrogen) atoms. The first-order valence-electron chi connectivity index (χ1n) is 13.1. The largest absolute Gasteiger partial charge is 0.460 e. The molecule has 7 heteroatoms. The summed E-state index contributed by atoms with van der Waals surface area (Å²) in [6.07, 6.45) is 4.16. The number of carbonyl (C=O) groups excluding carboxylic acids is 3. The molecule has 0 aromatic rings. The molecule has 5 saturated carbocycles. The molecule has 0 unspecified atom stereocenters. The van der Waals surface area contributed by atoms with Crippen molar-refractivity contribution >= 4 is 17.5 Å². The topological polar surface area (TPSA) is 110 Å². The van der Waals surface area contributed by atoms with Crippen molar-refractivity contribution in [2.45, 2.75) is 89.6 Å². The minimum Gasteiger partial charge on any atom is -0.460 e. The first-order chi connectivity index (χ1) is 16.0. The molecule has 0 aromatic carbocycles. The summed E-state index contributed by atoms with van der Waals surface area (Å²) in [5.41, 5.74) is -2.89. The van der Waals surface area contributed by atoms with Gasteiger partial charge in [-0.15, -0.1) is 0 Å². The Morgan fingerprint density at radius 2 is 1.82 bits per heavy atom. The number of carbonyl (C=O) groups is 3. The second-order valence-corrected chi connectivity index (χ2v) is 12.5. The number of Topliss-reactive ketones (excluding diaryl/α,β-unsaturated/α-hetero) is 2. The van der Waals surface area contributed by atoms with E-state index in [4.69, 9.17) is 9.47 Å². The van der Waals surface area contributed by atoms with E-state index in [0.717, 1.165) is 32.1 Å². The number of fused-ring (bicyclic) bond motifs is 2. The molecule has 0 radical (unpaired) electrons. The predicted molar refractivity (Wildman–Crippen MR) is 120 cm³/mol. The van der Waals surface area contributed by atoms with Gasteiger partial charge in [-0.3, -0.25) is 14.4 Å². The van der Waals surface area contributed by atoms with E-state index in [1.165, 1.54) is 0 Å². The van der Waals surface area contributed by atoms with Crippen LogP contribution in [0.3, 0.4) is 0 Å². The number of esters is 1. The van der Waals surface area contributed by atoms with Crippen molar-refractivity contribution in [3.05, 3.63) is 12.2 Å². The van der Waals surface area contributed by atoms with Crippen molar-refractivity contribution in [2.24, 2.45) is 39.9 Å². The highest BCUT2D eigenvalue weighted by molar-refractivity contribution is 6.06. The fourth-order valence-corrected chi connectivity index (χ4v) is 9.32. The molecule has 4 bridgehead atoms. The average molecular weight is 473 g/mol. The van der Waals surface area contributed by atoms with Crippen LogP contribution < -0.4 is 0 Å². The van der Waals surface area contributed by atoms with Crippen LogP contribution in [0.15, 0.2) is 12.2 Å². The summed E-state index contributed by atoms with van der Waals surface area (Å²) in [5, 5.41) is 23.9. The summed E-state index contributed by atoms with van der Waals surface area (Å²) < 4.78 is 12.2. The zero-order chi connectivity index (χ0) is 24.3. The van der Waals surface area contributed by atoms with E-state index in [0.29, 0.717) is 31.3 Å². The number of ether oxygens (including phenoxy) is 2. The fourth-order valence-electron chi connectivity index (χ4n) is 9.32. The second kappa shape index (κ2) is 7.01. The Bertz CT molecular complexity index is 979. The van der Waals surface area contributed by atoms with Crippen LogP contribution in [0.1, 0.15) is 71.6 Å². The Kier molecular flexibility index (Phi) is 4.72. The molecule has 2 aliphatic heterocycles. The van der Waals surface area contributed by atoms with E-state index in [9.17, 15) is 24.6 Å². The van der Waals surface area contributed by atoms with Gasteiger partial charge in [0.1, 0.15) is 23.4 Å². The molecule has 7 nitrogen and oxygen atoms in total. The molecule has 2 saturated heterocycles. The molecule has 7 fully saturated rings. The summed E-state index contributed by atoms with van der Waals surface area (Å²) >= 11 is 0. The van der Waals surface area contributed by atoms with Crippen LogP contribution in [0.2, 0.25) is 0 Å². The highest BCUT2D eigenvalue weighted by Crippen LogP contribution is 2.76. The summed E-state index contributed by atoms with van der Waals surface area (Å²) in [6.45, 7) is 8.07. The van der Waals surface area contributed by atoms with Gasteiger partial charge in [0, 0.05) is 18.3 Å². The standard InChI is InChI=1S/C27H36O7/c1-14-16-9-10-17-25-13-33-27(32,21(30)19(25)24(2,3)12-11-18(25)28)26(17,20(14)29)22(16)34-23(31)15-7-5-4-6-8-15/h15-17,19,21-22,30,32H,1,4-13H2,2-3H3/t16-,17-,19+,21-,22+,25+,26-,27+/m0/s1. The van der Waals surface area contributed by atoms with Gasteiger partial charge in [0.25, 0.3) is 0 Å². The van der Waals surface area contributed by atoms with Gasteiger partial charge in [-0.25, -0.2) is 0 Å². The number of rotatable bonds is 2. The van der Waals surface area contributed by atoms with Crippen molar-refractivity contribution in [1.82, 2.24) is 0 Å². The Hall–Kier alpha value is -1.57. The molecule has 8 atom stereocenters. The Balaban J connectivity index is 1.51. The summed E-state index contributed by atoms with van der Waals surface area (Å²) in [7, 11) is 0. The molecule has 2 heterocycles. The van der Waals surface area contributed by atoms with Crippen LogP contribution >= 0.6 is 0 Å². The lowest BCUT2D eigenvalue weighted by molar-refractivity contribution is -0.437.